The van der Waals surface area contributed by atoms with Crippen LogP contribution in [0.5, 0.6) is 0 Å². The Hall–Kier alpha value is -0.353. The minimum Gasteiger partial charge on any atom is -0.469 e. The summed E-state index contributed by atoms with van der Waals surface area (Å²) in [6.45, 7) is 10.6. The van der Waals surface area contributed by atoms with Crippen LogP contribution in [0.15, 0.2) is 0 Å². The van der Waals surface area contributed by atoms with Crippen LogP contribution in [0.4, 0.5) is 0 Å². The number of carbonyl (C=O) groups excluding carboxylic acids is 1. The van der Waals surface area contributed by atoms with Crippen LogP contribution < -0.4 is 0 Å². The van der Waals surface area contributed by atoms with E-state index in [1.165, 1.54) is 38.8 Å². The van der Waals surface area contributed by atoms with Crippen molar-refractivity contribution < 1.29 is 14.0 Å². The zero-order chi connectivity index (χ0) is 16.2. The summed E-state index contributed by atoms with van der Waals surface area (Å²) < 4.78 is 11.3. The second-order valence-corrected chi connectivity index (χ2v) is 13.3. The Morgan fingerprint density at radius 1 is 1.23 bits per heavy atom. The van der Waals surface area contributed by atoms with Crippen LogP contribution in [0.25, 0.3) is 0 Å². The fourth-order valence-corrected chi connectivity index (χ4v) is 8.73. The van der Waals surface area contributed by atoms with E-state index in [4.69, 9.17) is 9.16 Å². The molecular weight excluding hydrogens is 292 g/mol. The van der Waals surface area contributed by atoms with Crippen LogP contribution in [-0.2, 0) is 14.0 Å². The molecule has 0 radical (unpaired) electrons. The van der Waals surface area contributed by atoms with E-state index in [9.17, 15) is 4.79 Å². The molecule has 0 aromatic rings. The highest BCUT2D eigenvalue weighted by Gasteiger charge is 2.61. The molecule has 1 heterocycles. The quantitative estimate of drug-likeness (QED) is 0.563. The van der Waals surface area contributed by atoms with Gasteiger partial charge in [-0.15, -0.1) is 0 Å². The highest BCUT2D eigenvalue weighted by molar-refractivity contribution is 6.71. The summed E-state index contributed by atoms with van der Waals surface area (Å²) in [5.74, 6) is 2.00. The first-order valence-corrected chi connectivity index (χ1v) is 12.0. The van der Waals surface area contributed by atoms with Gasteiger partial charge in [0, 0.05) is 13.0 Å². The molecule has 3 nitrogen and oxygen atoms in total. The van der Waals surface area contributed by atoms with Gasteiger partial charge in [-0.2, -0.15) is 0 Å². The summed E-state index contributed by atoms with van der Waals surface area (Å²) in [7, 11) is 0.0738. The predicted octanol–water partition coefficient (Wildman–Crippen LogP) is 4.23. The van der Waals surface area contributed by atoms with Gasteiger partial charge in [-0.1, -0.05) is 13.8 Å². The average Bonchev–Trinajstić information content (AvgIpc) is 2.78. The van der Waals surface area contributed by atoms with Gasteiger partial charge in [0.05, 0.1) is 7.11 Å². The highest BCUT2D eigenvalue weighted by atomic mass is 28.4. The Labute approximate surface area is 136 Å². The van der Waals surface area contributed by atoms with Crippen LogP contribution >= 0.6 is 0 Å². The van der Waals surface area contributed by atoms with E-state index in [0.717, 1.165) is 12.5 Å². The Balaban J connectivity index is 1.82. The van der Waals surface area contributed by atoms with Crippen molar-refractivity contribution in [3.63, 3.8) is 0 Å². The molecule has 0 unspecified atom stereocenters. The van der Waals surface area contributed by atoms with Crippen molar-refractivity contribution >= 4 is 14.3 Å². The lowest BCUT2D eigenvalue weighted by molar-refractivity contribution is -0.144. The van der Waals surface area contributed by atoms with Gasteiger partial charge in [-0.05, 0) is 73.4 Å². The van der Waals surface area contributed by atoms with E-state index in [1.807, 2.05) is 0 Å². The van der Waals surface area contributed by atoms with E-state index in [0.29, 0.717) is 29.1 Å². The molecule has 4 heteroatoms. The van der Waals surface area contributed by atoms with Crippen molar-refractivity contribution in [1.29, 1.82) is 0 Å². The van der Waals surface area contributed by atoms with E-state index < -0.39 is 8.32 Å². The van der Waals surface area contributed by atoms with Crippen LogP contribution in [0.1, 0.15) is 46.0 Å². The molecule has 1 saturated heterocycles. The molecule has 3 aliphatic rings. The van der Waals surface area contributed by atoms with Crippen LogP contribution in [0.2, 0.25) is 19.1 Å². The first-order valence-electron chi connectivity index (χ1n) is 8.92. The molecule has 2 saturated carbocycles. The minimum absolute atomic E-state index is 0.0346. The summed E-state index contributed by atoms with van der Waals surface area (Å²) >= 11 is 0. The number of fused-ring (bicyclic) bond motifs is 3. The molecule has 0 bridgehead atoms. The molecule has 0 aromatic heterocycles. The predicted molar refractivity (Wildman–Crippen MR) is 90.0 cm³/mol. The van der Waals surface area contributed by atoms with Gasteiger partial charge in [0.2, 0.25) is 0 Å². The van der Waals surface area contributed by atoms with Gasteiger partial charge in [-0.25, -0.2) is 0 Å². The number of methoxy groups -OCH3 is 1. The van der Waals surface area contributed by atoms with Crippen LogP contribution in [0, 0.1) is 28.6 Å². The normalized spacial score (nSPS) is 46.7. The maximum absolute atomic E-state index is 11.8. The van der Waals surface area contributed by atoms with E-state index in [2.05, 4.69) is 26.9 Å². The van der Waals surface area contributed by atoms with Gasteiger partial charge in [0.15, 0.2) is 8.32 Å². The molecule has 0 aromatic carbocycles. The van der Waals surface area contributed by atoms with Crippen molar-refractivity contribution in [2.24, 2.45) is 28.6 Å². The van der Waals surface area contributed by atoms with Gasteiger partial charge in [0.1, 0.15) is 0 Å². The molecule has 5 atom stereocenters. The molecule has 0 amide bonds. The third-order valence-electron chi connectivity index (χ3n) is 7.45. The van der Waals surface area contributed by atoms with Gasteiger partial charge < -0.3 is 9.16 Å². The first kappa shape index (κ1) is 16.5. The van der Waals surface area contributed by atoms with Crippen molar-refractivity contribution in [2.45, 2.75) is 65.1 Å². The monoisotopic (exact) mass is 324 g/mol. The number of hydrogen-bond acceptors (Lipinski definition) is 3. The van der Waals surface area contributed by atoms with Crippen molar-refractivity contribution in [3.8, 4) is 0 Å². The number of hydrogen-bond donors (Lipinski definition) is 0. The topological polar surface area (TPSA) is 35.5 Å². The Kier molecular flexibility index (Phi) is 4.00. The molecule has 22 heavy (non-hydrogen) atoms. The molecule has 0 N–H and O–H groups in total. The number of esters is 1. The molecule has 2 aliphatic carbocycles. The second-order valence-electron chi connectivity index (χ2n) is 9.11. The lowest BCUT2D eigenvalue weighted by atomic mass is 9.51. The molecule has 3 fully saturated rings. The molecule has 3 rings (SSSR count). The van der Waals surface area contributed by atoms with Crippen molar-refractivity contribution in [2.75, 3.05) is 13.7 Å². The lowest BCUT2D eigenvalue weighted by Gasteiger charge is -2.59. The summed E-state index contributed by atoms with van der Waals surface area (Å²) in [5.41, 5.74) is 0.617. The largest absolute Gasteiger partial charge is 0.469 e. The fourth-order valence-electron chi connectivity index (χ4n) is 6.05. The lowest BCUT2D eigenvalue weighted by Crippen LogP contribution is -2.57. The van der Waals surface area contributed by atoms with Crippen LogP contribution in [-0.4, -0.2) is 28.0 Å². The van der Waals surface area contributed by atoms with Gasteiger partial charge >= 0.3 is 5.97 Å². The van der Waals surface area contributed by atoms with E-state index in [-0.39, 0.29) is 5.97 Å². The third-order valence-corrected chi connectivity index (χ3v) is 9.85. The van der Waals surface area contributed by atoms with Crippen molar-refractivity contribution in [1.82, 2.24) is 0 Å². The number of carbonyl (C=O) groups is 1. The number of rotatable bonds is 2. The standard InChI is InChI=1S/C18H32O3Si/c1-17-9-8-14-11-22(4,5)21-12-18(14,2)15(17)7-6-13(17)10-16(19)20-3/h13-15H,6-12H2,1-5H3/t13-,14+,15+,17+,18+/m0/s1. The summed E-state index contributed by atoms with van der Waals surface area (Å²) in [6, 6.07) is 1.32. The molecular formula is C18H32O3Si. The Morgan fingerprint density at radius 3 is 2.64 bits per heavy atom. The second kappa shape index (κ2) is 5.34. The minimum atomic E-state index is -1.44. The maximum atomic E-state index is 11.8. The van der Waals surface area contributed by atoms with Gasteiger partial charge in [0.25, 0.3) is 0 Å². The third kappa shape index (κ3) is 2.46. The summed E-state index contributed by atoms with van der Waals surface area (Å²) in [6.07, 6.45) is 5.65. The van der Waals surface area contributed by atoms with Crippen molar-refractivity contribution in [3.05, 3.63) is 0 Å². The summed E-state index contributed by atoms with van der Waals surface area (Å²) in [5, 5.41) is 0. The number of ether oxygens (including phenoxy) is 1. The Bertz CT molecular complexity index is 463. The maximum Gasteiger partial charge on any atom is 0.305 e. The molecule has 1 aliphatic heterocycles. The van der Waals surface area contributed by atoms with E-state index in [1.54, 1.807) is 0 Å². The zero-order valence-electron chi connectivity index (χ0n) is 14.9. The smallest absolute Gasteiger partial charge is 0.305 e. The molecule has 126 valence electrons. The van der Waals surface area contributed by atoms with Crippen LogP contribution in [0.3, 0.4) is 0 Å². The van der Waals surface area contributed by atoms with E-state index >= 15 is 0 Å². The molecule has 0 spiro atoms. The first-order chi connectivity index (χ1) is 10.2. The fraction of sp³-hybridized carbons (Fsp3) is 0.944. The highest BCUT2D eigenvalue weighted by Crippen LogP contribution is 2.66. The summed E-state index contributed by atoms with van der Waals surface area (Å²) in [4.78, 5) is 11.8. The zero-order valence-corrected chi connectivity index (χ0v) is 15.9. The average molecular weight is 325 g/mol. The Morgan fingerprint density at radius 2 is 1.95 bits per heavy atom. The van der Waals surface area contributed by atoms with Gasteiger partial charge in [-0.3, -0.25) is 4.79 Å². The SMILES string of the molecule is COC(=O)C[C@@H]1CC[C@@H]2[C@]1(C)CC[C@@H]1C[Si](C)(C)OC[C@]12C.